The van der Waals surface area contributed by atoms with Crippen LogP contribution in [0.25, 0.3) is 0 Å². The van der Waals surface area contributed by atoms with Crippen molar-refractivity contribution in [3.8, 4) is 0 Å². The molecular weight excluding hydrogens is 340 g/mol. The van der Waals surface area contributed by atoms with Crippen LogP contribution in [0.2, 0.25) is 0 Å². The molecule has 1 heterocycles. The third-order valence-electron chi connectivity index (χ3n) is 3.44. The van der Waals surface area contributed by atoms with Crippen molar-refractivity contribution < 1.29 is 37.4 Å². The molecule has 1 aliphatic rings. The van der Waals surface area contributed by atoms with E-state index in [1.54, 1.807) is 16.9 Å². The Balaban J connectivity index is 0. The van der Waals surface area contributed by atoms with Gasteiger partial charge in [-0.05, 0) is 35.9 Å². The van der Waals surface area contributed by atoms with Gasteiger partial charge in [-0.3, -0.25) is 0 Å². The normalized spacial score (nSPS) is 20.0. The molecule has 1 aromatic rings. The Kier molecular flexibility index (Phi) is 16.6. The predicted molar refractivity (Wildman–Crippen MR) is 87.3 cm³/mol. The zero-order valence-corrected chi connectivity index (χ0v) is 16.7. The van der Waals surface area contributed by atoms with E-state index in [-0.39, 0.29) is 40.1 Å². The van der Waals surface area contributed by atoms with Gasteiger partial charge < -0.3 is 12.1 Å². The van der Waals surface area contributed by atoms with Gasteiger partial charge in [0.15, 0.2) is 0 Å². The fourth-order valence-corrected chi connectivity index (χ4v) is 2.74. The fourth-order valence-electron chi connectivity index (χ4n) is 2.29. The molecule has 0 saturated heterocycles. The Morgan fingerprint density at radius 2 is 2.00 bits per heavy atom. The summed E-state index contributed by atoms with van der Waals surface area (Å²) in [5.74, 6) is 1.30. The van der Waals surface area contributed by atoms with E-state index in [4.69, 9.17) is 12.7 Å². The largest absolute Gasteiger partial charge is 0.447 e. The van der Waals surface area contributed by atoms with Crippen LogP contribution in [-0.2, 0) is 37.4 Å². The van der Waals surface area contributed by atoms with Gasteiger partial charge in [-0.2, -0.15) is 11.3 Å². The zero-order chi connectivity index (χ0) is 13.2. The van der Waals surface area contributed by atoms with Gasteiger partial charge in [0.1, 0.15) is 0 Å². The van der Waals surface area contributed by atoms with Crippen molar-refractivity contribution in [2.24, 2.45) is 11.8 Å². The van der Waals surface area contributed by atoms with Gasteiger partial charge in [-0.1, -0.05) is 44.1 Å². The van der Waals surface area contributed by atoms with Gasteiger partial charge in [0, 0.05) is 45.2 Å². The summed E-state index contributed by atoms with van der Waals surface area (Å²) in [5, 5.41) is 4.08. The quantitative estimate of drug-likeness (QED) is 0.402. The van der Waals surface area contributed by atoms with Crippen LogP contribution in [-0.4, -0.2) is 14.7 Å². The van der Waals surface area contributed by atoms with Crippen LogP contribution in [0.5, 0.6) is 0 Å². The minimum atomic E-state index is 0. The molecule has 0 spiro atoms. The Labute approximate surface area is 155 Å². The van der Waals surface area contributed by atoms with Crippen molar-refractivity contribution in [3.05, 3.63) is 42.0 Å². The van der Waals surface area contributed by atoms with Crippen molar-refractivity contribution in [2.45, 2.75) is 39.5 Å². The maximum absolute atomic E-state index is 5.13. The molecule has 0 saturated carbocycles. The first-order valence-corrected chi connectivity index (χ1v) is 7.71. The second-order valence-corrected chi connectivity index (χ2v) is 5.65. The average molecular weight is 366 g/mol. The molecule has 4 heteroatoms. The van der Waals surface area contributed by atoms with Crippen LogP contribution in [0.3, 0.4) is 0 Å². The Hall–Kier alpha value is 0.569. The van der Waals surface area contributed by atoms with Crippen LogP contribution >= 0.6 is 11.3 Å². The second kappa shape index (κ2) is 14.5. The summed E-state index contributed by atoms with van der Waals surface area (Å²) >= 11 is 1.71. The second-order valence-electron chi connectivity index (χ2n) is 4.83. The average Bonchev–Trinajstić information content (AvgIpc) is 3.03. The summed E-state index contributed by atoms with van der Waals surface area (Å²) in [6, 6.07) is 4.04. The summed E-state index contributed by atoms with van der Waals surface area (Å²) in [4.78, 5) is 0. The van der Waals surface area contributed by atoms with Crippen molar-refractivity contribution >= 4 is 19.4 Å². The van der Waals surface area contributed by atoms with Crippen LogP contribution in [0.1, 0.15) is 39.5 Å². The van der Waals surface area contributed by atoms with Crippen LogP contribution in [0.15, 0.2) is 34.5 Å². The van der Waals surface area contributed by atoms with Crippen molar-refractivity contribution in [2.75, 3.05) is 6.61 Å². The van der Waals surface area contributed by atoms with Gasteiger partial charge in [0.05, 0.1) is 0 Å². The summed E-state index contributed by atoms with van der Waals surface area (Å²) in [6.07, 6.45) is 7.37. The van der Waals surface area contributed by atoms with E-state index < -0.39 is 0 Å². The summed E-state index contributed by atoms with van der Waals surface area (Å²) in [6.45, 7) is 5.20. The molecule has 1 unspecified atom stereocenters. The molecule has 20 heavy (non-hydrogen) atoms. The standard InChI is InChI=1S/C11H19BO.C4H4S.CH3.Y/c1-3-4-5-10-7-6-9(2)11(10)8-13-12;1-2-4-5-3-1;;/h7,9,11H,3-6,8H2,1-2H3;1-4H;1H3;/q;;-1;/t9?,11-;;;/m0.../s1. The molecule has 0 N–H and O–H groups in total. The van der Waals surface area contributed by atoms with Crippen LogP contribution < -0.4 is 0 Å². The molecule has 1 aliphatic carbocycles. The molecule has 0 amide bonds. The molecule has 0 aliphatic heterocycles. The molecule has 109 valence electrons. The summed E-state index contributed by atoms with van der Waals surface area (Å²) in [5.41, 5.74) is 1.57. The molecule has 3 radical (unpaired) electrons. The van der Waals surface area contributed by atoms with E-state index in [1.165, 1.54) is 25.7 Å². The molecule has 2 atom stereocenters. The fraction of sp³-hybridized carbons (Fsp3) is 0.562. The van der Waals surface area contributed by atoms with Gasteiger partial charge in [0.25, 0.3) is 8.05 Å². The van der Waals surface area contributed by atoms with Crippen molar-refractivity contribution in [3.63, 3.8) is 0 Å². The van der Waals surface area contributed by atoms with E-state index in [9.17, 15) is 0 Å². The number of allylic oxidation sites excluding steroid dienone is 1. The first-order chi connectivity index (χ1) is 8.79. The molecule has 1 nitrogen and oxygen atoms in total. The van der Waals surface area contributed by atoms with Crippen LogP contribution in [0.4, 0.5) is 0 Å². The molecular formula is C16H26BOSY-. The number of unbranched alkanes of at least 4 members (excludes halogenated alkanes) is 1. The molecule has 0 aromatic carbocycles. The Bertz CT molecular complexity index is 310. The third kappa shape index (κ3) is 8.77. The number of hydrogen-bond acceptors (Lipinski definition) is 2. The first kappa shape index (κ1) is 22.8. The van der Waals surface area contributed by atoms with Crippen LogP contribution in [0, 0.1) is 19.3 Å². The van der Waals surface area contributed by atoms with Gasteiger partial charge in [-0.25, -0.2) is 0 Å². The maximum Gasteiger partial charge on any atom is 0.282 e. The van der Waals surface area contributed by atoms with Crippen molar-refractivity contribution in [1.82, 2.24) is 0 Å². The van der Waals surface area contributed by atoms with E-state index >= 15 is 0 Å². The third-order valence-corrected chi connectivity index (χ3v) is 4.06. The van der Waals surface area contributed by atoms with Gasteiger partial charge in [-0.15, -0.1) is 0 Å². The zero-order valence-electron chi connectivity index (χ0n) is 13.0. The van der Waals surface area contributed by atoms with E-state index in [0.717, 1.165) is 5.92 Å². The number of hydrogen-bond donors (Lipinski definition) is 0. The monoisotopic (exact) mass is 366 g/mol. The first-order valence-electron chi connectivity index (χ1n) is 6.77. The molecule has 2 rings (SSSR count). The molecule has 1 aromatic heterocycles. The van der Waals surface area contributed by atoms with E-state index in [0.29, 0.717) is 12.5 Å². The number of rotatable bonds is 5. The van der Waals surface area contributed by atoms with Gasteiger partial charge >= 0.3 is 0 Å². The van der Waals surface area contributed by atoms with Crippen molar-refractivity contribution in [1.29, 1.82) is 0 Å². The number of thiophene rings is 1. The van der Waals surface area contributed by atoms with Gasteiger partial charge in [0.2, 0.25) is 0 Å². The maximum atomic E-state index is 5.13. The minimum absolute atomic E-state index is 0. The smallest absolute Gasteiger partial charge is 0.282 e. The topological polar surface area (TPSA) is 9.23 Å². The minimum Gasteiger partial charge on any atom is -0.447 e. The predicted octanol–water partition coefficient (Wildman–Crippen LogP) is 5.05. The molecule has 0 fully saturated rings. The molecule has 0 bridgehead atoms. The van der Waals surface area contributed by atoms with E-state index in [2.05, 4.69) is 19.9 Å². The summed E-state index contributed by atoms with van der Waals surface area (Å²) in [7, 11) is 5.13. The SMILES string of the molecule is [B]OC[C@@H]1C(CCCC)=CCC1C.[CH3-].[Y].c1ccsc1. The Morgan fingerprint density at radius 3 is 2.45 bits per heavy atom. The Morgan fingerprint density at radius 1 is 1.35 bits per heavy atom. The summed E-state index contributed by atoms with van der Waals surface area (Å²) < 4.78 is 4.77. The van der Waals surface area contributed by atoms with E-state index in [1.807, 2.05) is 22.9 Å².